The highest BCUT2D eigenvalue weighted by Gasteiger charge is 2.33. The van der Waals surface area contributed by atoms with Crippen molar-refractivity contribution in [3.63, 3.8) is 0 Å². The van der Waals surface area contributed by atoms with Gasteiger partial charge < -0.3 is 10.2 Å². The second-order valence-electron chi connectivity index (χ2n) is 5.55. The van der Waals surface area contributed by atoms with Gasteiger partial charge in [-0.3, -0.25) is 4.79 Å². The highest BCUT2D eigenvalue weighted by molar-refractivity contribution is 5.86. The third-order valence-corrected chi connectivity index (χ3v) is 3.73. The number of alkyl halides is 3. The standard InChI is InChI=1S/C15H19F3N2O/c1-10-9-12(11-5-3-4-6-13(11)19-10)14(21)20(2)8-7-15(16,17)18/h3-6,10,12,19H,7-9H2,1-2H3. The molecule has 1 heterocycles. The Hall–Kier alpha value is -1.72. The van der Waals surface area contributed by atoms with E-state index in [1.54, 1.807) is 0 Å². The number of hydrogen-bond acceptors (Lipinski definition) is 2. The summed E-state index contributed by atoms with van der Waals surface area (Å²) >= 11 is 0. The first-order valence-electron chi connectivity index (χ1n) is 6.95. The summed E-state index contributed by atoms with van der Waals surface area (Å²) in [5.41, 5.74) is 1.75. The summed E-state index contributed by atoms with van der Waals surface area (Å²) in [6.07, 6.45) is -4.63. The first kappa shape index (κ1) is 15.7. The summed E-state index contributed by atoms with van der Waals surface area (Å²) in [7, 11) is 1.43. The van der Waals surface area contributed by atoms with Gasteiger partial charge in [-0.15, -0.1) is 0 Å². The molecule has 0 aliphatic carbocycles. The minimum atomic E-state index is -4.24. The van der Waals surface area contributed by atoms with Gasteiger partial charge in [-0.1, -0.05) is 18.2 Å². The van der Waals surface area contributed by atoms with Crippen molar-refractivity contribution in [1.29, 1.82) is 0 Å². The number of halogens is 3. The van der Waals surface area contributed by atoms with Crippen LogP contribution in [0.3, 0.4) is 0 Å². The van der Waals surface area contributed by atoms with Gasteiger partial charge in [-0.25, -0.2) is 0 Å². The predicted molar refractivity (Wildman–Crippen MR) is 75.2 cm³/mol. The number of para-hydroxylation sites is 1. The van der Waals surface area contributed by atoms with Gasteiger partial charge in [-0.2, -0.15) is 13.2 Å². The van der Waals surface area contributed by atoms with Crippen LogP contribution in [0, 0.1) is 0 Å². The van der Waals surface area contributed by atoms with Crippen molar-refractivity contribution in [2.24, 2.45) is 0 Å². The number of carbonyl (C=O) groups excluding carboxylic acids is 1. The third kappa shape index (κ3) is 3.89. The number of fused-ring (bicyclic) bond motifs is 1. The van der Waals surface area contributed by atoms with Crippen LogP contribution in [-0.4, -0.2) is 36.6 Å². The number of likely N-dealkylation sites (N-methyl/N-ethyl adjacent to an activating group) is 1. The van der Waals surface area contributed by atoms with Crippen molar-refractivity contribution in [2.75, 3.05) is 18.9 Å². The molecule has 1 amide bonds. The molecule has 1 aliphatic rings. The lowest BCUT2D eigenvalue weighted by Gasteiger charge is -2.33. The van der Waals surface area contributed by atoms with Crippen molar-refractivity contribution < 1.29 is 18.0 Å². The van der Waals surface area contributed by atoms with Gasteiger partial charge in [0.05, 0.1) is 12.3 Å². The van der Waals surface area contributed by atoms with Crippen molar-refractivity contribution >= 4 is 11.6 Å². The maximum atomic E-state index is 12.5. The van der Waals surface area contributed by atoms with Crippen LogP contribution in [0.2, 0.25) is 0 Å². The number of rotatable bonds is 3. The van der Waals surface area contributed by atoms with E-state index >= 15 is 0 Å². The molecule has 2 unspecified atom stereocenters. The van der Waals surface area contributed by atoms with E-state index in [1.807, 2.05) is 31.2 Å². The minimum Gasteiger partial charge on any atom is -0.382 e. The van der Waals surface area contributed by atoms with Crippen LogP contribution in [0.25, 0.3) is 0 Å². The topological polar surface area (TPSA) is 32.3 Å². The molecule has 116 valence electrons. The monoisotopic (exact) mass is 300 g/mol. The Balaban J connectivity index is 2.12. The molecular formula is C15H19F3N2O. The van der Waals surface area contributed by atoms with Crippen LogP contribution in [0.5, 0.6) is 0 Å². The summed E-state index contributed by atoms with van der Waals surface area (Å²) in [5, 5.41) is 3.29. The number of amides is 1. The van der Waals surface area contributed by atoms with Gasteiger partial charge in [0.15, 0.2) is 0 Å². The van der Waals surface area contributed by atoms with Crippen LogP contribution >= 0.6 is 0 Å². The Morgan fingerprint density at radius 2 is 2.05 bits per heavy atom. The second-order valence-corrected chi connectivity index (χ2v) is 5.55. The highest BCUT2D eigenvalue weighted by Crippen LogP contribution is 2.35. The molecule has 3 nitrogen and oxygen atoms in total. The Bertz CT molecular complexity index is 516. The lowest BCUT2D eigenvalue weighted by atomic mass is 9.86. The molecule has 1 aromatic carbocycles. The predicted octanol–water partition coefficient (Wildman–Crippen LogP) is 3.39. The van der Waals surface area contributed by atoms with Gasteiger partial charge in [0.2, 0.25) is 5.91 Å². The molecule has 0 bridgehead atoms. The molecule has 1 N–H and O–H groups in total. The van der Waals surface area contributed by atoms with Crippen molar-refractivity contribution in [2.45, 2.75) is 37.9 Å². The maximum Gasteiger partial charge on any atom is 0.390 e. The maximum absolute atomic E-state index is 12.5. The van der Waals surface area contributed by atoms with Gasteiger partial charge in [-0.05, 0) is 25.0 Å². The number of hydrogen-bond donors (Lipinski definition) is 1. The third-order valence-electron chi connectivity index (χ3n) is 3.73. The molecule has 2 atom stereocenters. The summed E-state index contributed by atoms with van der Waals surface area (Å²) < 4.78 is 36.8. The summed E-state index contributed by atoms with van der Waals surface area (Å²) in [4.78, 5) is 13.6. The van der Waals surface area contributed by atoms with E-state index in [-0.39, 0.29) is 24.4 Å². The molecule has 0 spiro atoms. The van der Waals surface area contributed by atoms with Crippen LogP contribution in [0.1, 0.15) is 31.2 Å². The van der Waals surface area contributed by atoms with Crippen LogP contribution < -0.4 is 5.32 Å². The van der Waals surface area contributed by atoms with Crippen molar-refractivity contribution in [3.8, 4) is 0 Å². The first-order chi connectivity index (χ1) is 9.78. The highest BCUT2D eigenvalue weighted by atomic mass is 19.4. The Morgan fingerprint density at radius 1 is 1.38 bits per heavy atom. The van der Waals surface area contributed by atoms with Crippen LogP contribution in [-0.2, 0) is 4.79 Å². The fourth-order valence-corrected chi connectivity index (χ4v) is 2.64. The number of nitrogens with one attached hydrogen (secondary N) is 1. The smallest absolute Gasteiger partial charge is 0.382 e. The molecule has 21 heavy (non-hydrogen) atoms. The fraction of sp³-hybridized carbons (Fsp3) is 0.533. The fourth-order valence-electron chi connectivity index (χ4n) is 2.64. The average molecular weight is 300 g/mol. The normalized spacial score (nSPS) is 21.4. The van der Waals surface area contributed by atoms with E-state index in [1.165, 1.54) is 11.9 Å². The largest absolute Gasteiger partial charge is 0.390 e. The quantitative estimate of drug-likeness (QED) is 0.928. The molecule has 0 saturated heterocycles. The summed E-state index contributed by atoms with van der Waals surface area (Å²) in [6, 6.07) is 7.57. The molecule has 0 saturated carbocycles. The van der Waals surface area contributed by atoms with E-state index in [9.17, 15) is 18.0 Å². The first-order valence-corrected chi connectivity index (χ1v) is 6.95. The molecule has 1 aromatic rings. The number of anilines is 1. The van der Waals surface area contributed by atoms with Gasteiger partial charge in [0.25, 0.3) is 0 Å². The van der Waals surface area contributed by atoms with Crippen molar-refractivity contribution in [3.05, 3.63) is 29.8 Å². The molecule has 6 heteroatoms. The van der Waals surface area contributed by atoms with E-state index in [4.69, 9.17) is 0 Å². The lowest BCUT2D eigenvalue weighted by Crippen LogP contribution is -2.38. The molecule has 1 aliphatic heterocycles. The summed E-state index contributed by atoms with van der Waals surface area (Å²) in [5.74, 6) is -0.629. The molecular weight excluding hydrogens is 281 g/mol. The van der Waals surface area contributed by atoms with Crippen LogP contribution in [0.4, 0.5) is 18.9 Å². The van der Waals surface area contributed by atoms with Gasteiger partial charge in [0.1, 0.15) is 0 Å². The average Bonchev–Trinajstić information content (AvgIpc) is 2.42. The zero-order chi connectivity index (χ0) is 15.6. The number of benzene rings is 1. The number of carbonyl (C=O) groups is 1. The summed E-state index contributed by atoms with van der Waals surface area (Å²) in [6.45, 7) is 1.66. The van der Waals surface area contributed by atoms with Crippen LogP contribution in [0.15, 0.2) is 24.3 Å². The molecule has 0 aromatic heterocycles. The molecule has 0 radical (unpaired) electrons. The van der Waals surface area contributed by atoms with E-state index in [2.05, 4.69) is 5.32 Å². The Kier molecular flexibility index (Phi) is 4.44. The van der Waals surface area contributed by atoms with Crippen molar-refractivity contribution in [1.82, 2.24) is 4.90 Å². The second kappa shape index (κ2) is 5.95. The zero-order valence-electron chi connectivity index (χ0n) is 12.1. The van der Waals surface area contributed by atoms with E-state index < -0.39 is 12.6 Å². The SMILES string of the molecule is CC1CC(C(=O)N(C)CCC(F)(F)F)c2ccccc2N1. The Morgan fingerprint density at radius 3 is 2.71 bits per heavy atom. The lowest BCUT2D eigenvalue weighted by molar-refractivity contribution is -0.144. The Labute approximate surface area is 122 Å². The minimum absolute atomic E-state index is 0.116. The van der Waals surface area contributed by atoms with E-state index in [0.29, 0.717) is 6.42 Å². The van der Waals surface area contributed by atoms with Gasteiger partial charge in [0, 0.05) is 25.3 Å². The van der Waals surface area contributed by atoms with Gasteiger partial charge >= 0.3 is 6.18 Å². The zero-order valence-corrected chi connectivity index (χ0v) is 12.1. The van der Waals surface area contributed by atoms with E-state index in [0.717, 1.165) is 11.3 Å². The molecule has 0 fully saturated rings. The number of nitrogens with zero attached hydrogens (tertiary/aromatic N) is 1. The molecule has 2 rings (SSSR count).